The zero-order chi connectivity index (χ0) is 10.6. The summed E-state index contributed by atoms with van der Waals surface area (Å²) in [4.78, 5) is 0.416. The summed E-state index contributed by atoms with van der Waals surface area (Å²) >= 11 is 8.34. The second kappa shape index (κ2) is 5.32. The minimum Gasteiger partial charge on any atom is -0.389 e. The predicted octanol–water partition coefficient (Wildman–Crippen LogP) is 2.91. The zero-order valence-electron chi connectivity index (χ0n) is 8.01. The lowest BCUT2D eigenvalue weighted by atomic mass is 10.2. The topological polar surface area (TPSA) is 38.0 Å². The molecule has 3 N–H and O–H groups in total. The Hall–Kier alpha value is -0.610. The third-order valence-corrected chi connectivity index (χ3v) is 2.69. The zero-order valence-corrected chi connectivity index (χ0v) is 10.4. The van der Waals surface area contributed by atoms with E-state index in [1.807, 2.05) is 18.2 Å². The summed E-state index contributed by atoms with van der Waals surface area (Å²) in [6.07, 6.45) is 1.11. The van der Waals surface area contributed by atoms with E-state index in [9.17, 15) is 0 Å². The standard InChI is InChI=1S/C10H13BrN2S/c1-2-5-13-7-3-4-8(10(12)14)9(11)6-7/h3-4,6,13H,2,5H2,1H3,(H2,12,14). The first kappa shape index (κ1) is 11.5. The molecule has 0 fully saturated rings. The van der Waals surface area contributed by atoms with Gasteiger partial charge in [0.2, 0.25) is 0 Å². The van der Waals surface area contributed by atoms with Crippen molar-refractivity contribution in [2.24, 2.45) is 5.73 Å². The lowest BCUT2D eigenvalue weighted by molar-refractivity contribution is 0.979. The molecule has 0 bridgehead atoms. The maximum atomic E-state index is 5.55. The second-order valence-corrected chi connectivity index (χ2v) is 4.28. The minimum absolute atomic E-state index is 0.416. The number of nitrogens with one attached hydrogen (secondary N) is 1. The fourth-order valence-electron chi connectivity index (χ4n) is 1.09. The first-order chi connectivity index (χ1) is 6.65. The fraction of sp³-hybridized carbons (Fsp3) is 0.300. The third-order valence-electron chi connectivity index (χ3n) is 1.81. The predicted molar refractivity (Wildman–Crippen MR) is 68.8 cm³/mol. The van der Waals surface area contributed by atoms with Gasteiger partial charge in [-0.3, -0.25) is 0 Å². The van der Waals surface area contributed by atoms with Crippen molar-refractivity contribution in [2.45, 2.75) is 13.3 Å². The van der Waals surface area contributed by atoms with Crippen LogP contribution in [0.1, 0.15) is 18.9 Å². The number of hydrogen-bond acceptors (Lipinski definition) is 2. The van der Waals surface area contributed by atoms with Gasteiger partial charge in [-0.2, -0.15) is 0 Å². The van der Waals surface area contributed by atoms with Crippen molar-refractivity contribution in [1.29, 1.82) is 0 Å². The van der Waals surface area contributed by atoms with Crippen molar-refractivity contribution in [3.63, 3.8) is 0 Å². The minimum atomic E-state index is 0.416. The Balaban J connectivity index is 2.83. The highest BCUT2D eigenvalue weighted by Crippen LogP contribution is 2.21. The van der Waals surface area contributed by atoms with Gasteiger partial charge in [-0.25, -0.2) is 0 Å². The van der Waals surface area contributed by atoms with Gasteiger partial charge in [0, 0.05) is 22.3 Å². The van der Waals surface area contributed by atoms with E-state index >= 15 is 0 Å². The van der Waals surface area contributed by atoms with Crippen LogP contribution in [0.3, 0.4) is 0 Å². The molecular weight excluding hydrogens is 260 g/mol. The molecule has 0 saturated carbocycles. The summed E-state index contributed by atoms with van der Waals surface area (Å²) in [6.45, 7) is 3.10. The first-order valence-corrected chi connectivity index (χ1v) is 5.68. The third kappa shape index (κ3) is 2.96. The van der Waals surface area contributed by atoms with Crippen LogP contribution in [-0.4, -0.2) is 11.5 Å². The Kier molecular flexibility index (Phi) is 4.35. The molecule has 76 valence electrons. The Morgan fingerprint density at radius 1 is 1.57 bits per heavy atom. The Bertz CT molecular complexity index is 339. The highest BCUT2D eigenvalue weighted by molar-refractivity contribution is 9.10. The number of thiocarbonyl (C=S) groups is 1. The Labute approximate surface area is 98.0 Å². The van der Waals surface area contributed by atoms with Crippen molar-refractivity contribution < 1.29 is 0 Å². The van der Waals surface area contributed by atoms with E-state index < -0.39 is 0 Å². The molecule has 0 amide bonds. The van der Waals surface area contributed by atoms with Crippen LogP contribution in [0.5, 0.6) is 0 Å². The number of halogens is 1. The van der Waals surface area contributed by atoms with E-state index in [4.69, 9.17) is 18.0 Å². The van der Waals surface area contributed by atoms with E-state index in [-0.39, 0.29) is 0 Å². The maximum absolute atomic E-state index is 5.55. The van der Waals surface area contributed by atoms with Crippen LogP contribution in [0, 0.1) is 0 Å². The molecule has 0 aliphatic carbocycles. The lowest BCUT2D eigenvalue weighted by Gasteiger charge is -2.07. The molecule has 1 rings (SSSR count). The van der Waals surface area contributed by atoms with Gasteiger partial charge < -0.3 is 11.1 Å². The SMILES string of the molecule is CCCNc1ccc(C(N)=S)c(Br)c1. The van der Waals surface area contributed by atoms with Gasteiger partial charge >= 0.3 is 0 Å². The van der Waals surface area contributed by atoms with Gasteiger partial charge in [0.15, 0.2) is 0 Å². The molecule has 0 aromatic heterocycles. The van der Waals surface area contributed by atoms with Crippen LogP contribution in [-0.2, 0) is 0 Å². The summed E-state index contributed by atoms with van der Waals surface area (Å²) in [7, 11) is 0. The molecule has 0 atom stereocenters. The molecule has 0 radical (unpaired) electrons. The molecule has 1 aromatic rings. The molecule has 0 heterocycles. The molecule has 14 heavy (non-hydrogen) atoms. The normalized spacial score (nSPS) is 9.86. The largest absolute Gasteiger partial charge is 0.389 e. The average Bonchev–Trinajstić information content (AvgIpc) is 2.14. The maximum Gasteiger partial charge on any atom is 0.105 e. The summed E-state index contributed by atoms with van der Waals surface area (Å²) in [6, 6.07) is 5.89. The van der Waals surface area contributed by atoms with Crippen molar-refractivity contribution in [2.75, 3.05) is 11.9 Å². The number of benzene rings is 1. The van der Waals surface area contributed by atoms with Gasteiger partial charge in [-0.05, 0) is 40.5 Å². The fourth-order valence-corrected chi connectivity index (χ4v) is 2.00. The first-order valence-electron chi connectivity index (χ1n) is 4.48. The van der Waals surface area contributed by atoms with Gasteiger partial charge in [0.05, 0.1) is 0 Å². The molecule has 0 unspecified atom stereocenters. The molecule has 1 aromatic carbocycles. The van der Waals surface area contributed by atoms with Gasteiger partial charge in [0.25, 0.3) is 0 Å². The van der Waals surface area contributed by atoms with E-state index in [0.29, 0.717) is 4.99 Å². The molecular formula is C10H13BrN2S. The average molecular weight is 273 g/mol. The molecule has 2 nitrogen and oxygen atoms in total. The van der Waals surface area contributed by atoms with Crippen molar-refractivity contribution in [3.8, 4) is 0 Å². The van der Waals surface area contributed by atoms with Crippen LogP contribution in [0.4, 0.5) is 5.69 Å². The van der Waals surface area contributed by atoms with Crippen LogP contribution >= 0.6 is 28.1 Å². The highest BCUT2D eigenvalue weighted by Gasteiger charge is 2.02. The van der Waals surface area contributed by atoms with E-state index in [0.717, 1.165) is 28.7 Å². The lowest BCUT2D eigenvalue weighted by Crippen LogP contribution is -2.10. The van der Waals surface area contributed by atoms with E-state index in [1.54, 1.807) is 0 Å². The Morgan fingerprint density at radius 2 is 2.29 bits per heavy atom. The van der Waals surface area contributed by atoms with Gasteiger partial charge in [-0.1, -0.05) is 19.1 Å². The van der Waals surface area contributed by atoms with Crippen LogP contribution in [0.2, 0.25) is 0 Å². The number of rotatable bonds is 4. The molecule has 0 aliphatic rings. The summed E-state index contributed by atoms with van der Waals surface area (Å²) < 4.78 is 0.936. The molecule has 0 saturated heterocycles. The van der Waals surface area contributed by atoms with Crippen molar-refractivity contribution >= 4 is 38.8 Å². The number of hydrogen-bond donors (Lipinski definition) is 2. The quantitative estimate of drug-likeness (QED) is 0.828. The Morgan fingerprint density at radius 3 is 2.79 bits per heavy atom. The van der Waals surface area contributed by atoms with Gasteiger partial charge in [0.1, 0.15) is 4.99 Å². The van der Waals surface area contributed by atoms with E-state index in [2.05, 4.69) is 28.2 Å². The molecule has 4 heteroatoms. The second-order valence-electron chi connectivity index (χ2n) is 2.99. The summed E-state index contributed by atoms with van der Waals surface area (Å²) in [5.41, 5.74) is 7.50. The monoisotopic (exact) mass is 272 g/mol. The summed E-state index contributed by atoms with van der Waals surface area (Å²) in [5, 5.41) is 3.29. The summed E-state index contributed by atoms with van der Waals surface area (Å²) in [5.74, 6) is 0. The highest BCUT2D eigenvalue weighted by atomic mass is 79.9. The van der Waals surface area contributed by atoms with Crippen LogP contribution in [0.25, 0.3) is 0 Å². The van der Waals surface area contributed by atoms with Crippen molar-refractivity contribution in [3.05, 3.63) is 28.2 Å². The van der Waals surface area contributed by atoms with Crippen LogP contribution < -0.4 is 11.1 Å². The number of nitrogens with two attached hydrogens (primary N) is 1. The van der Waals surface area contributed by atoms with Gasteiger partial charge in [-0.15, -0.1) is 0 Å². The van der Waals surface area contributed by atoms with Crippen LogP contribution in [0.15, 0.2) is 22.7 Å². The smallest absolute Gasteiger partial charge is 0.105 e. The molecule has 0 spiro atoms. The van der Waals surface area contributed by atoms with Crippen molar-refractivity contribution in [1.82, 2.24) is 0 Å². The number of anilines is 1. The van der Waals surface area contributed by atoms with E-state index in [1.165, 1.54) is 0 Å². The molecule has 0 aliphatic heterocycles.